The number of amides is 1. The maximum atomic E-state index is 12.7. The lowest BCUT2D eigenvalue weighted by Gasteiger charge is -2.13. The molecule has 1 N–H and O–H groups in total. The first-order valence-electron chi connectivity index (χ1n) is 9.28. The molecule has 0 fully saturated rings. The summed E-state index contributed by atoms with van der Waals surface area (Å²) < 4.78 is 7.30. The van der Waals surface area contributed by atoms with Gasteiger partial charge in [-0.25, -0.2) is 0 Å². The van der Waals surface area contributed by atoms with Gasteiger partial charge in [-0.05, 0) is 56.7 Å². The maximum absolute atomic E-state index is 12.7. The van der Waals surface area contributed by atoms with Gasteiger partial charge in [0, 0.05) is 22.6 Å². The molecule has 0 saturated carbocycles. The van der Waals surface area contributed by atoms with Gasteiger partial charge in [-0.2, -0.15) is 0 Å². The molecule has 3 rings (SSSR count). The Kier molecular flexibility index (Phi) is 5.94. The van der Waals surface area contributed by atoms with Crippen LogP contribution < -0.4 is 10.1 Å². The molecule has 0 unspecified atom stereocenters. The first-order valence-corrected chi connectivity index (χ1v) is 9.28. The van der Waals surface area contributed by atoms with Crippen LogP contribution in [0, 0.1) is 6.92 Å². The molecule has 5 nitrogen and oxygen atoms in total. The van der Waals surface area contributed by atoms with Crippen molar-refractivity contribution in [2.45, 2.75) is 27.3 Å². The minimum atomic E-state index is -0.157. The first-order chi connectivity index (χ1) is 13.5. The van der Waals surface area contributed by atoms with Crippen molar-refractivity contribution < 1.29 is 14.3 Å². The number of benzene rings is 2. The lowest BCUT2D eigenvalue weighted by Crippen LogP contribution is -2.20. The molecule has 0 atom stereocenters. The number of ether oxygens (including phenoxy) is 1. The van der Waals surface area contributed by atoms with Crippen LogP contribution in [0.2, 0.25) is 0 Å². The Bertz CT molecular complexity index is 973. The number of nitrogens with one attached hydrogen (secondary N) is 1. The topological polar surface area (TPSA) is 60.3 Å². The van der Waals surface area contributed by atoms with E-state index in [1.807, 2.05) is 79.1 Å². The van der Waals surface area contributed by atoms with Crippen LogP contribution in [0.4, 0.5) is 5.69 Å². The molecule has 0 aliphatic heterocycles. The second-order valence-electron chi connectivity index (χ2n) is 6.54. The summed E-state index contributed by atoms with van der Waals surface area (Å²) in [6.45, 7) is 6.05. The summed E-state index contributed by atoms with van der Waals surface area (Å²) in [5.41, 5.74) is 3.93. The van der Waals surface area contributed by atoms with Crippen LogP contribution in [-0.2, 0) is 11.3 Å². The third-order valence-corrected chi connectivity index (χ3v) is 4.57. The largest absolute Gasteiger partial charge is 0.494 e. The van der Waals surface area contributed by atoms with Gasteiger partial charge in [0.2, 0.25) is 5.91 Å². The van der Waals surface area contributed by atoms with Gasteiger partial charge in [0.25, 0.3) is 0 Å². The molecule has 1 heterocycles. The van der Waals surface area contributed by atoms with E-state index in [9.17, 15) is 9.59 Å². The molecule has 1 amide bonds. The molecule has 0 saturated heterocycles. The number of rotatable bonds is 7. The summed E-state index contributed by atoms with van der Waals surface area (Å²) in [7, 11) is 0. The van der Waals surface area contributed by atoms with Gasteiger partial charge >= 0.3 is 0 Å². The van der Waals surface area contributed by atoms with Crippen LogP contribution in [0.1, 0.15) is 29.9 Å². The van der Waals surface area contributed by atoms with E-state index in [4.69, 9.17) is 4.74 Å². The fraction of sp³-hybridized carbons (Fsp3) is 0.217. The van der Waals surface area contributed by atoms with Gasteiger partial charge in [-0.3, -0.25) is 9.59 Å². The zero-order valence-corrected chi connectivity index (χ0v) is 16.4. The fourth-order valence-electron chi connectivity index (χ4n) is 3.20. The second kappa shape index (κ2) is 8.57. The van der Waals surface area contributed by atoms with E-state index in [0.717, 1.165) is 22.7 Å². The molecule has 0 aliphatic rings. The van der Waals surface area contributed by atoms with Crippen molar-refractivity contribution >= 4 is 17.4 Å². The highest BCUT2D eigenvalue weighted by Gasteiger charge is 2.18. The lowest BCUT2D eigenvalue weighted by atomic mass is 10.1. The van der Waals surface area contributed by atoms with Gasteiger partial charge < -0.3 is 14.6 Å². The number of carbonyl (C=O) groups is 2. The standard InChI is InChI=1S/C23H24N2O3/c1-4-28-20-12-10-19(11-13-20)24-23(27)15-25-16(2)21(17(3)26)14-22(25)18-8-6-5-7-9-18/h5-14H,4,15H2,1-3H3,(H,24,27). The number of ketones is 1. The van der Waals surface area contributed by atoms with E-state index in [1.165, 1.54) is 0 Å². The third-order valence-electron chi connectivity index (χ3n) is 4.57. The summed E-state index contributed by atoms with van der Waals surface area (Å²) in [4.78, 5) is 24.7. The number of carbonyl (C=O) groups excluding carboxylic acids is 2. The van der Waals surface area contributed by atoms with E-state index in [2.05, 4.69) is 5.32 Å². The van der Waals surface area contributed by atoms with Crippen molar-refractivity contribution in [1.29, 1.82) is 0 Å². The molecule has 0 bridgehead atoms. The second-order valence-corrected chi connectivity index (χ2v) is 6.54. The third kappa shape index (κ3) is 4.31. The van der Waals surface area contributed by atoms with Crippen LogP contribution in [0.25, 0.3) is 11.3 Å². The number of hydrogen-bond donors (Lipinski definition) is 1. The molecule has 2 aromatic carbocycles. The quantitative estimate of drug-likeness (QED) is 0.608. The highest BCUT2D eigenvalue weighted by molar-refractivity contribution is 5.97. The summed E-state index contributed by atoms with van der Waals surface area (Å²) in [5, 5.41) is 2.90. The van der Waals surface area contributed by atoms with Gasteiger partial charge in [0.1, 0.15) is 12.3 Å². The zero-order valence-electron chi connectivity index (χ0n) is 16.4. The van der Waals surface area contributed by atoms with E-state index in [-0.39, 0.29) is 18.2 Å². The van der Waals surface area contributed by atoms with E-state index >= 15 is 0 Å². The number of hydrogen-bond acceptors (Lipinski definition) is 3. The van der Waals surface area contributed by atoms with Crippen LogP contribution in [-0.4, -0.2) is 22.9 Å². The molecular formula is C23H24N2O3. The maximum Gasteiger partial charge on any atom is 0.244 e. The van der Waals surface area contributed by atoms with Crippen molar-refractivity contribution in [3.05, 3.63) is 71.9 Å². The first kappa shape index (κ1) is 19.4. The summed E-state index contributed by atoms with van der Waals surface area (Å²) in [5.74, 6) is 0.592. The molecule has 3 aromatic rings. The number of anilines is 1. The van der Waals surface area contributed by atoms with Crippen molar-refractivity contribution in [1.82, 2.24) is 4.57 Å². The predicted molar refractivity (Wildman–Crippen MR) is 111 cm³/mol. The average Bonchev–Trinajstić information content (AvgIpc) is 3.01. The highest BCUT2D eigenvalue weighted by Crippen LogP contribution is 2.26. The van der Waals surface area contributed by atoms with E-state index in [1.54, 1.807) is 6.92 Å². The smallest absolute Gasteiger partial charge is 0.244 e. The Morgan fingerprint density at radius 3 is 2.32 bits per heavy atom. The summed E-state index contributed by atoms with van der Waals surface area (Å²) in [6, 6.07) is 18.9. The molecule has 1 aromatic heterocycles. The summed E-state index contributed by atoms with van der Waals surface area (Å²) in [6.07, 6.45) is 0. The number of Topliss-reactive ketones (excluding diaryl/α,β-unsaturated/α-hetero) is 1. The van der Waals surface area contributed by atoms with E-state index in [0.29, 0.717) is 17.9 Å². The Morgan fingerprint density at radius 1 is 1.04 bits per heavy atom. The highest BCUT2D eigenvalue weighted by atomic mass is 16.5. The molecular weight excluding hydrogens is 352 g/mol. The van der Waals surface area contributed by atoms with Gasteiger partial charge in [0.05, 0.1) is 6.61 Å². The Balaban J connectivity index is 1.84. The lowest BCUT2D eigenvalue weighted by molar-refractivity contribution is -0.116. The predicted octanol–water partition coefficient (Wildman–Crippen LogP) is 4.70. The Hall–Kier alpha value is -3.34. The molecule has 0 aliphatic carbocycles. The van der Waals surface area contributed by atoms with Crippen LogP contribution in [0.3, 0.4) is 0 Å². The molecule has 0 spiro atoms. The van der Waals surface area contributed by atoms with Crippen LogP contribution in [0.15, 0.2) is 60.7 Å². The van der Waals surface area contributed by atoms with Crippen LogP contribution in [0.5, 0.6) is 5.75 Å². The molecule has 5 heteroatoms. The van der Waals surface area contributed by atoms with Crippen molar-refractivity contribution in [3.63, 3.8) is 0 Å². The molecule has 0 radical (unpaired) electrons. The zero-order chi connectivity index (χ0) is 20.1. The minimum Gasteiger partial charge on any atom is -0.494 e. The van der Waals surface area contributed by atoms with Crippen LogP contribution >= 0.6 is 0 Å². The fourth-order valence-corrected chi connectivity index (χ4v) is 3.20. The van der Waals surface area contributed by atoms with Crippen molar-refractivity contribution in [2.75, 3.05) is 11.9 Å². The minimum absolute atomic E-state index is 0.0136. The van der Waals surface area contributed by atoms with E-state index < -0.39 is 0 Å². The number of nitrogens with zero attached hydrogens (tertiary/aromatic N) is 1. The normalized spacial score (nSPS) is 10.5. The number of aromatic nitrogens is 1. The molecule has 28 heavy (non-hydrogen) atoms. The van der Waals surface area contributed by atoms with Gasteiger partial charge in [-0.1, -0.05) is 30.3 Å². The van der Waals surface area contributed by atoms with Gasteiger partial charge in [0.15, 0.2) is 5.78 Å². The average molecular weight is 376 g/mol. The monoisotopic (exact) mass is 376 g/mol. The van der Waals surface area contributed by atoms with Gasteiger partial charge in [-0.15, -0.1) is 0 Å². The SMILES string of the molecule is CCOc1ccc(NC(=O)Cn2c(-c3ccccc3)cc(C(C)=O)c2C)cc1. The van der Waals surface area contributed by atoms with Crippen molar-refractivity contribution in [2.24, 2.45) is 0 Å². The summed E-state index contributed by atoms with van der Waals surface area (Å²) >= 11 is 0. The molecule has 144 valence electrons. The Labute approximate surface area is 165 Å². The van der Waals surface area contributed by atoms with Crippen molar-refractivity contribution in [3.8, 4) is 17.0 Å². The Morgan fingerprint density at radius 2 is 1.71 bits per heavy atom.